The number of aliphatic hydroxyl groups excluding tert-OH is 1. The average molecular weight is 343 g/mol. The van der Waals surface area contributed by atoms with E-state index >= 15 is 0 Å². The quantitative estimate of drug-likeness (QED) is 0.881. The van der Waals surface area contributed by atoms with Crippen molar-refractivity contribution in [3.8, 4) is 11.5 Å². The van der Waals surface area contributed by atoms with Crippen molar-refractivity contribution in [3.05, 3.63) is 41.7 Å². The summed E-state index contributed by atoms with van der Waals surface area (Å²) in [6, 6.07) is 4.80. The topological polar surface area (TPSA) is 85.6 Å². The summed E-state index contributed by atoms with van der Waals surface area (Å²) < 4.78 is 12.9. The highest BCUT2D eigenvalue weighted by molar-refractivity contribution is 5.95. The number of hydrogen-bond donors (Lipinski definition) is 2. The van der Waals surface area contributed by atoms with Crippen molar-refractivity contribution in [1.82, 2.24) is 15.1 Å². The van der Waals surface area contributed by atoms with Crippen LogP contribution in [0.15, 0.2) is 30.6 Å². The van der Waals surface area contributed by atoms with E-state index in [0.717, 1.165) is 12.0 Å². The van der Waals surface area contributed by atoms with Crippen LogP contribution in [-0.2, 0) is 0 Å². The first-order valence-corrected chi connectivity index (χ1v) is 8.51. The van der Waals surface area contributed by atoms with Gasteiger partial charge in [0.2, 0.25) is 0 Å². The molecular weight excluding hydrogens is 322 g/mol. The van der Waals surface area contributed by atoms with Gasteiger partial charge in [0.15, 0.2) is 11.5 Å². The Kier molecular flexibility index (Phi) is 4.09. The maximum absolute atomic E-state index is 12.6. The van der Waals surface area contributed by atoms with Crippen LogP contribution in [-0.4, -0.2) is 46.2 Å². The largest absolute Gasteiger partial charge is 0.490 e. The van der Waals surface area contributed by atoms with Crippen LogP contribution in [0.2, 0.25) is 0 Å². The molecule has 4 rings (SSSR count). The van der Waals surface area contributed by atoms with Gasteiger partial charge in [-0.05, 0) is 37.1 Å². The van der Waals surface area contributed by atoms with Gasteiger partial charge in [0.05, 0.1) is 37.6 Å². The van der Waals surface area contributed by atoms with Crippen molar-refractivity contribution in [2.75, 3.05) is 13.2 Å². The number of aliphatic hydroxyl groups is 1. The predicted molar refractivity (Wildman–Crippen MR) is 89.9 cm³/mol. The van der Waals surface area contributed by atoms with E-state index in [4.69, 9.17) is 9.47 Å². The number of aryl methyl sites for hydroxylation is 1. The molecule has 2 aliphatic rings. The molecule has 1 saturated carbocycles. The van der Waals surface area contributed by atoms with Gasteiger partial charge in [-0.25, -0.2) is 0 Å². The highest BCUT2D eigenvalue weighted by Gasteiger charge is 2.42. The van der Waals surface area contributed by atoms with E-state index < -0.39 is 6.10 Å². The summed E-state index contributed by atoms with van der Waals surface area (Å²) in [7, 11) is 0. The minimum absolute atomic E-state index is 0.155. The minimum atomic E-state index is -0.506. The van der Waals surface area contributed by atoms with E-state index in [2.05, 4.69) is 10.4 Å². The predicted octanol–water partition coefficient (Wildman–Crippen LogP) is 1.46. The zero-order valence-electron chi connectivity index (χ0n) is 14.0. The molecule has 25 heavy (non-hydrogen) atoms. The molecule has 1 aromatic carbocycles. The molecule has 1 amide bonds. The van der Waals surface area contributed by atoms with Crippen LogP contribution in [0.25, 0.3) is 0 Å². The highest BCUT2D eigenvalue weighted by atomic mass is 16.5. The Morgan fingerprint density at radius 1 is 1.32 bits per heavy atom. The number of hydrogen-bond acceptors (Lipinski definition) is 5. The van der Waals surface area contributed by atoms with Crippen LogP contribution in [0.1, 0.15) is 34.8 Å². The summed E-state index contributed by atoms with van der Waals surface area (Å²) in [5.74, 6) is 1.07. The lowest BCUT2D eigenvalue weighted by Crippen LogP contribution is -2.56. The zero-order valence-corrected chi connectivity index (χ0v) is 14.0. The molecule has 0 unspecified atom stereocenters. The number of amides is 1. The molecule has 2 N–H and O–H groups in total. The van der Waals surface area contributed by atoms with Crippen LogP contribution >= 0.6 is 0 Å². The van der Waals surface area contributed by atoms with Crippen molar-refractivity contribution in [2.24, 2.45) is 0 Å². The SMILES string of the molecule is Cc1cnn([C@H]2[C@H](O)C[C@@H]2NC(=O)c2ccc3c(c2)OCCCO3)c1. The number of nitrogens with zero attached hydrogens (tertiary/aromatic N) is 2. The molecule has 7 heteroatoms. The second kappa shape index (κ2) is 6.40. The number of carbonyl (C=O) groups is 1. The molecule has 1 fully saturated rings. The first-order valence-electron chi connectivity index (χ1n) is 8.51. The normalized spacial score (nSPS) is 25.0. The van der Waals surface area contributed by atoms with Gasteiger partial charge in [0.25, 0.3) is 5.91 Å². The van der Waals surface area contributed by atoms with E-state index in [-0.39, 0.29) is 18.0 Å². The number of fused-ring (bicyclic) bond motifs is 1. The Morgan fingerprint density at radius 3 is 2.84 bits per heavy atom. The third-order valence-corrected chi connectivity index (χ3v) is 4.66. The lowest BCUT2D eigenvalue weighted by Gasteiger charge is -2.41. The number of nitrogens with one attached hydrogen (secondary N) is 1. The van der Waals surface area contributed by atoms with Crippen molar-refractivity contribution < 1.29 is 19.4 Å². The zero-order chi connectivity index (χ0) is 17.4. The maximum Gasteiger partial charge on any atom is 0.251 e. The molecule has 2 aromatic rings. The molecule has 0 radical (unpaired) electrons. The standard InChI is InChI=1S/C18H21N3O4/c1-11-9-19-21(10-11)17-13(8-14(17)22)20-18(23)12-3-4-15-16(7-12)25-6-2-5-24-15/h3-4,7,9-10,13-14,17,22H,2,5-6,8H2,1H3,(H,20,23)/t13-,14+,17+/m0/s1. The van der Waals surface area contributed by atoms with Gasteiger partial charge in [0, 0.05) is 18.2 Å². The number of aromatic nitrogens is 2. The second-order valence-corrected chi connectivity index (χ2v) is 6.58. The summed E-state index contributed by atoms with van der Waals surface area (Å²) in [6.07, 6.45) is 4.45. The van der Waals surface area contributed by atoms with Crippen LogP contribution in [0.5, 0.6) is 11.5 Å². The summed E-state index contributed by atoms with van der Waals surface area (Å²) in [5.41, 5.74) is 1.54. The fourth-order valence-corrected chi connectivity index (χ4v) is 3.27. The van der Waals surface area contributed by atoms with Gasteiger partial charge >= 0.3 is 0 Å². The van der Waals surface area contributed by atoms with E-state index in [1.165, 1.54) is 0 Å². The van der Waals surface area contributed by atoms with Gasteiger partial charge in [0.1, 0.15) is 0 Å². The third-order valence-electron chi connectivity index (χ3n) is 4.66. The van der Waals surface area contributed by atoms with Gasteiger partial charge in [-0.15, -0.1) is 0 Å². The Labute approximate surface area is 145 Å². The fourth-order valence-electron chi connectivity index (χ4n) is 3.27. The molecule has 0 bridgehead atoms. The monoisotopic (exact) mass is 343 g/mol. The van der Waals surface area contributed by atoms with Crippen molar-refractivity contribution in [3.63, 3.8) is 0 Å². The van der Waals surface area contributed by atoms with E-state index in [1.807, 2.05) is 13.1 Å². The Bertz CT molecular complexity index is 788. The number of ether oxygens (including phenoxy) is 2. The summed E-state index contributed by atoms with van der Waals surface area (Å²) in [5, 5.41) is 17.3. The number of benzene rings is 1. The fraction of sp³-hybridized carbons (Fsp3) is 0.444. The maximum atomic E-state index is 12.6. The van der Waals surface area contributed by atoms with Crippen molar-refractivity contribution >= 4 is 5.91 Å². The molecule has 3 atom stereocenters. The van der Waals surface area contributed by atoms with Crippen molar-refractivity contribution in [2.45, 2.75) is 38.0 Å². The molecular formula is C18H21N3O4. The van der Waals surface area contributed by atoms with Gasteiger partial charge in [-0.3, -0.25) is 9.48 Å². The minimum Gasteiger partial charge on any atom is -0.490 e. The molecule has 1 aromatic heterocycles. The van der Waals surface area contributed by atoms with Crippen LogP contribution in [0.4, 0.5) is 0 Å². The summed E-state index contributed by atoms with van der Waals surface area (Å²) in [6.45, 7) is 3.14. The molecule has 7 nitrogen and oxygen atoms in total. The van der Waals surface area contributed by atoms with Gasteiger partial charge in [-0.2, -0.15) is 5.10 Å². The van der Waals surface area contributed by atoms with Gasteiger partial charge in [-0.1, -0.05) is 0 Å². The molecule has 2 heterocycles. The van der Waals surface area contributed by atoms with Gasteiger partial charge < -0.3 is 19.9 Å². The smallest absolute Gasteiger partial charge is 0.251 e. The highest BCUT2D eigenvalue weighted by Crippen LogP contribution is 2.34. The van der Waals surface area contributed by atoms with Crippen LogP contribution < -0.4 is 14.8 Å². The average Bonchev–Trinajstić information content (AvgIpc) is 2.86. The molecule has 1 aliphatic heterocycles. The third kappa shape index (κ3) is 3.07. The first kappa shape index (κ1) is 16.0. The molecule has 0 spiro atoms. The van der Waals surface area contributed by atoms with Crippen LogP contribution in [0, 0.1) is 6.92 Å². The lowest BCUT2D eigenvalue weighted by molar-refractivity contribution is -0.00590. The Morgan fingerprint density at radius 2 is 2.12 bits per heavy atom. The Hall–Kier alpha value is -2.54. The number of rotatable bonds is 3. The molecule has 0 saturated heterocycles. The lowest BCUT2D eigenvalue weighted by atomic mass is 9.83. The summed E-state index contributed by atoms with van der Waals surface area (Å²) >= 11 is 0. The molecule has 1 aliphatic carbocycles. The van der Waals surface area contributed by atoms with E-state index in [9.17, 15) is 9.90 Å². The van der Waals surface area contributed by atoms with E-state index in [1.54, 1.807) is 29.1 Å². The Balaban J connectivity index is 1.48. The first-order chi connectivity index (χ1) is 12.1. The van der Waals surface area contributed by atoms with E-state index in [0.29, 0.717) is 36.7 Å². The van der Waals surface area contributed by atoms with Crippen LogP contribution in [0.3, 0.4) is 0 Å². The summed E-state index contributed by atoms with van der Waals surface area (Å²) in [4.78, 5) is 12.6. The molecule has 132 valence electrons. The van der Waals surface area contributed by atoms with Crippen molar-refractivity contribution in [1.29, 1.82) is 0 Å². The second-order valence-electron chi connectivity index (χ2n) is 6.58. The number of carbonyl (C=O) groups excluding carboxylic acids is 1.